The molecule has 1 heterocycles. The first-order chi connectivity index (χ1) is 6.61. The van der Waals surface area contributed by atoms with Crippen LogP contribution in [0.4, 0.5) is 0 Å². The molecule has 0 unspecified atom stereocenters. The van der Waals surface area contributed by atoms with Crippen molar-refractivity contribution in [2.45, 2.75) is 25.9 Å². The smallest absolute Gasteiger partial charge is 0.237 e. The molecule has 2 atom stereocenters. The lowest BCUT2D eigenvalue weighted by Crippen LogP contribution is -2.39. The molecule has 14 heavy (non-hydrogen) atoms. The Morgan fingerprint density at radius 3 is 2.79 bits per heavy atom. The minimum Gasteiger partial charge on any atom is -0.348 e. The molecule has 4 nitrogen and oxygen atoms in total. The predicted molar refractivity (Wildman–Crippen MR) is 54.4 cm³/mol. The molecule has 0 fully saturated rings. The van der Waals surface area contributed by atoms with E-state index >= 15 is 0 Å². The molecule has 0 aliphatic carbocycles. The molecule has 1 rings (SSSR count). The lowest BCUT2D eigenvalue weighted by molar-refractivity contribution is -0.122. The van der Waals surface area contributed by atoms with Crippen molar-refractivity contribution >= 4 is 5.91 Å². The van der Waals surface area contributed by atoms with E-state index in [0.717, 1.165) is 5.56 Å². The van der Waals surface area contributed by atoms with Crippen molar-refractivity contribution in [3.05, 3.63) is 30.1 Å². The number of nitrogens with zero attached hydrogens (tertiary/aromatic N) is 1. The van der Waals surface area contributed by atoms with Crippen LogP contribution in [0.1, 0.15) is 25.5 Å². The van der Waals surface area contributed by atoms with Crippen molar-refractivity contribution in [2.24, 2.45) is 5.73 Å². The summed E-state index contributed by atoms with van der Waals surface area (Å²) in [4.78, 5) is 15.2. The van der Waals surface area contributed by atoms with E-state index in [2.05, 4.69) is 10.3 Å². The van der Waals surface area contributed by atoms with Gasteiger partial charge in [0.05, 0.1) is 12.1 Å². The summed E-state index contributed by atoms with van der Waals surface area (Å²) in [6.45, 7) is 3.56. The van der Waals surface area contributed by atoms with E-state index in [1.807, 2.05) is 19.1 Å². The molecule has 1 aromatic heterocycles. The van der Waals surface area contributed by atoms with Crippen molar-refractivity contribution in [1.82, 2.24) is 10.3 Å². The Morgan fingerprint density at radius 2 is 2.29 bits per heavy atom. The van der Waals surface area contributed by atoms with Gasteiger partial charge in [-0.2, -0.15) is 0 Å². The first kappa shape index (κ1) is 10.7. The number of carbonyl (C=O) groups is 1. The summed E-state index contributed by atoms with van der Waals surface area (Å²) in [6, 6.07) is 3.22. The molecule has 0 saturated carbocycles. The second kappa shape index (κ2) is 4.72. The largest absolute Gasteiger partial charge is 0.348 e. The van der Waals surface area contributed by atoms with Crippen LogP contribution < -0.4 is 11.1 Å². The minimum absolute atomic E-state index is 0.0535. The highest BCUT2D eigenvalue weighted by atomic mass is 16.2. The van der Waals surface area contributed by atoms with Gasteiger partial charge in [-0.15, -0.1) is 0 Å². The van der Waals surface area contributed by atoms with Gasteiger partial charge in [-0.05, 0) is 25.5 Å². The van der Waals surface area contributed by atoms with Gasteiger partial charge in [0.2, 0.25) is 5.91 Å². The molecule has 0 bridgehead atoms. The van der Waals surface area contributed by atoms with Crippen LogP contribution in [-0.2, 0) is 4.79 Å². The molecule has 0 aromatic carbocycles. The summed E-state index contributed by atoms with van der Waals surface area (Å²) in [7, 11) is 0. The maximum Gasteiger partial charge on any atom is 0.237 e. The SMILES string of the molecule is C[C@@H](N)C(=O)N[C@H](C)c1cccnc1. The first-order valence-corrected chi connectivity index (χ1v) is 4.57. The lowest BCUT2D eigenvalue weighted by atomic mass is 10.1. The summed E-state index contributed by atoms with van der Waals surface area (Å²) in [5.41, 5.74) is 6.41. The number of hydrogen-bond acceptors (Lipinski definition) is 3. The highest BCUT2D eigenvalue weighted by molar-refractivity contribution is 5.81. The van der Waals surface area contributed by atoms with Gasteiger partial charge in [-0.25, -0.2) is 0 Å². The summed E-state index contributed by atoms with van der Waals surface area (Å²) in [5.74, 6) is -0.152. The minimum atomic E-state index is -0.478. The Labute approximate surface area is 83.5 Å². The van der Waals surface area contributed by atoms with E-state index in [4.69, 9.17) is 5.73 Å². The van der Waals surface area contributed by atoms with Crippen molar-refractivity contribution in [3.63, 3.8) is 0 Å². The van der Waals surface area contributed by atoms with E-state index in [1.54, 1.807) is 19.3 Å². The molecule has 1 amide bonds. The van der Waals surface area contributed by atoms with Gasteiger partial charge in [-0.3, -0.25) is 9.78 Å². The Morgan fingerprint density at radius 1 is 1.57 bits per heavy atom. The maximum atomic E-state index is 11.3. The van der Waals surface area contributed by atoms with E-state index < -0.39 is 6.04 Å². The van der Waals surface area contributed by atoms with Crippen LogP contribution in [0.3, 0.4) is 0 Å². The second-order valence-electron chi connectivity index (χ2n) is 3.31. The fourth-order valence-corrected chi connectivity index (χ4v) is 1.06. The number of nitrogens with two attached hydrogens (primary N) is 1. The van der Waals surface area contributed by atoms with Gasteiger partial charge < -0.3 is 11.1 Å². The van der Waals surface area contributed by atoms with Crippen LogP contribution in [-0.4, -0.2) is 16.9 Å². The third-order valence-corrected chi connectivity index (χ3v) is 1.96. The molecule has 0 radical (unpaired) electrons. The highest BCUT2D eigenvalue weighted by Crippen LogP contribution is 2.09. The van der Waals surface area contributed by atoms with Crippen molar-refractivity contribution in [3.8, 4) is 0 Å². The average Bonchev–Trinajstić information content (AvgIpc) is 2.19. The van der Waals surface area contributed by atoms with Crippen LogP contribution in [0.15, 0.2) is 24.5 Å². The normalized spacial score (nSPS) is 14.5. The predicted octanol–water partition coefficient (Wildman–Crippen LogP) is 0.606. The van der Waals surface area contributed by atoms with Crippen LogP contribution in [0, 0.1) is 0 Å². The molecule has 76 valence electrons. The van der Waals surface area contributed by atoms with Crippen LogP contribution in [0.25, 0.3) is 0 Å². The van der Waals surface area contributed by atoms with Gasteiger partial charge in [0.25, 0.3) is 0 Å². The van der Waals surface area contributed by atoms with Crippen LogP contribution in [0.2, 0.25) is 0 Å². The van der Waals surface area contributed by atoms with E-state index in [0.29, 0.717) is 0 Å². The fourth-order valence-electron chi connectivity index (χ4n) is 1.06. The molecule has 0 saturated heterocycles. The number of carbonyl (C=O) groups excluding carboxylic acids is 1. The summed E-state index contributed by atoms with van der Waals surface area (Å²) in [6.07, 6.45) is 3.43. The van der Waals surface area contributed by atoms with Crippen LogP contribution >= 0.6 is 0 Å². The molecule has 3 N–H and O–H groups in total. The van der Waals surface area contributed by atoms with Gasteiger partial charge >= 0.3 is 0 Å². The number of amides is 1. The number of hydrogen-bond donors (Lipinski definition) is 2. The van der Waals surface area contributed by atoms with Gasteiger partial charge in [0.1, 0.15) is 0 Å². The van der Waals surface area contributed by atoms with Crippen molar-refractivity contribution < 1.29 is 4.79 Å². The van der Waals surface area contributed by atoms with Gasteiger partial charge in [-0.1, -0.05) is 6.07 Å². The van der Waals surface area contributed by atoms with Gasteiger partial charge in [0.15, 0.2) is 0 Å². The van der Waals surface area contributed by atoms with Crippen LogP contribution in [0.5, 0.6) is 0 Å². The second-order valence-corrected chi connectivity index (χ2v) is 3.31. The number of rotatable bonds is 3. The Balaban J connectivity index is 2.59. The van der Waals surface area contributed by atoms with Crippen molar-refractivity contribution in [1.29, 1.82) is 0 Å². The summed E-state index contributed by atoms with van der Waals surface area (Å²) in [5, 5.41) is 2.79. The molecular weight excluding hydrogens is 178 g/mol. The number of nitrogens with one attached hydrogen (secondary N) is 1. The molecule has 1 aromatic rings. The quantitative estimate of drug-likeness (QED) is 0.739. The Bertz CT molecular complexity index is 297. The Kier molecular flexibility index (Phi) is 3.59. The molecular formula is C10H15N3O. The molecule has 0 spiro atoms. The van der Waals surface area contributed by atoms with Gasteiger partial charge in [0, 0.05) is 12.4 Å². The average molecular weight is 193 g/mol. The third kappa shape index (κ3) is 2.81. The Hall–Kier alpha value is -1.42. The maximum absolute atomic E-state index is 11.3. The molecule has 0 aliphatic heterocycles. The fraction of sp³-hybridized carbons (Fsp3) is 0.400. The first-order valence-electron chi connectivity index (χ1n) is 4.57. The summed E-state index contributed by atoms with van der Waals surface area (Å²) >= 11 is 0. The molecule has 0 aliphatic rings. The number of aromatic nitrogens is 1. The zero-order valence-electron chi connectivity index (χ0n) is 8.40. The van der Waals surface area contributed by atoms with E-state index in [9.17, 15) is 4.79 Å². The topological polar surface area (TPSA) is 68.0 Å². The highest BCUT2D eigenvalue weighted by Gasteiger charge is 2.11. The van der Waals surface area contributed by atoms with E-state index in [1.165, 1.54) is 0 Å². The number of pyridine rings is 1. The zero-order chi connectivity index (χ0) is 10.6. The third-order valence-electron chi connectivity index (χ3n) is 1.96. The summed E-state index contributed by atoms with van der Waals surface area (Å²) < 4.78 is 0. The zero-order valence-corrected chi connectivity index (χ0v) is 8.40. The monoisotopic (exact) mass is 193 g/mol. The van der Waals surface area contributed by atoms with Crippen molar-refractivity contribution in [2.75, 3.05) is 0 Å². The lowest BCUT2D eigenvalue weighted by Gasteiger charge is -2.15. The standard InChI is InChI=1S/C10H15N3O/c1-7(11)10(14)13-8(2)9-4-3-5-12-6-9/h3-8H,11H2,1-2H3,(H,13,14)/t7-,8-/m1/s1. The van der Waals surface area contributed by atoms with E-state index in [-0.39, 0.29) is 11.9 Å². The molecule has 4 heteroatoms.